The number of carboxylic acids is 1. The summed E-state index contributed by atoms with van der Waals surface area (Å²) in [6, 6.07) is 4.06. The van der Waals surface area contributed by atoms with Crippen LogP contribution in [0, 0.1) is 6.92 Å². The van der Waals surface area contributed by atoms with Gasteiger partial charge in [-0.25, -0.2) is 4.79 Å². The number of nitrogens with zero attached hydrogens (tertiary/aromatic N) is 1. The lowest BCUT2D eigenvalue weighted by Crippen LogP contribution is -2.14. The second-order valence-corrected chi connectivity index (χ2v) is 3.86. The number of carboxylic acid groups (broad SMARTS) is 1. The Morgan fingerprint density at radius 3 is 2.68 bits per heavy atom. The molecule has 1 amide bonds. The first-order valence-electron chi connectivity index (χ1n) is 5.34. The normalized spacial score (nSPS) is 10.2. The minimum absolute atomic E-state index is 0.0525. The first-order chi connectivity index (χ1) is 8.99. The molecular formula is C12H11N3O4. The van der Waals surface area contributed by atoms with E-state index in [1.165, 1.54) is 24.4 Å². The number of nitrogens with two attached hydrogens (primary N) is 1. The van der Waals surface area contributed by atoms with E-state index in [0.29, 0.717) is 17.0 Å². The molecule has 0 radical (unpaired) electrons. The number of benzene rings is 1. The fourth-order valence-electron chi connectivity index (χ4n) is 1.52. The van der Waals surface area contributed by atoms with Crippen LogP contribution in [0.25, 0.3) is 0 Å². The highest BCUT2D eigenvalue weighted by Gasteiger charge is 2.14. The molecule has 0 bridgehead atoms. The highest BCUT2D eigenvalue weighted by molar-refractivity contribution is 6.06. The van der Waals surface area contributed by atoms with E-state index in [0.717, 1.165) is 0 Å². The van der Waals surface area contributed by atoms with Gasteiger partial charge < -0.3 is 20.7 Å². The summed E-state index contributed by atoms with van der Waals surface area (Å²) in [7, 11) is 0. The van der Waals surface area contributed by atoms with Gasteiger partial charge in [-0.15, -0.1) is 0 Å². The van der Waals surface area contributed by atoms with Crippen LogP contribution in [0.1, 0.15) is 26.5 Å². The molecule has 0 fully saturated rings. The summed E-state index contributed by atoms with van der Waals surface area (Å²) in [5.41, 5.74) is 6.53. The predicted molar refractivity (Wildman–Crippen MR) is 67.0 cm³/mol. The Kier molecular flexibility index (Phi) is 3.19. The second-order valence-electron chi connectivity index (χ2n) is 3.86. The number of amides is 1. The molecule has 0 saturated heterocycles. The van der Waals surface area contributed by atoms with Crippen molar-refractivity contribution in [1.29, 1.82) is 0 Å². The SMILES string of the molecule is Cc1oncc1C(=O)Nc1ccc(C(=O)O)cc1N. The zero-order chi connectivity index (χ0) is 14.0. The van der Waals surface area contributed by atoms with Gasteiger partial charge in [0.05, 0.1) is 23.1 Å². The van der Waals surface area contributed by atoms with Gasteiger partial charge in [0.1, 0.15) is 11.3 Å². The summed E-state index contributed by atoms with van der Waals surface area (Å²) in [6.07, 6.45) is 1.30. The standard InChI is InChI=1S/C12H11N3O4/c1-6-8(5-14-19-6)11(16)15-10-3-2-7(12(17)18)4-9(10)13/h2-5H,13H2,1H3,(H,15,16)(H,17,18). The van der Waals surface area contributed by atoms with Crippen molar-refractivity contribution >= 4 is 23.3 Å². The minimum atomic E-state index is -1.08. The van der Waals surface area contributed by atoms with Crippen molar-refractivity contribution in [2.45, 2.75) is 6.92 Å². The van der Waals surface area contributed by atoms with Crippen LogP contribution in [0.3, 0.4) is 0 Å². The molecular weight excluding hydrogens is 250 g/mol. The van der Waals surface area contributed by atoms with Gasteiger partial charge in [-0.1, -0.05) is 5.16 Å². The van der Waals surface area contributed by atoms with Crippen LogP contribution in [0.2, 0.25) is 0 Å². The van der Waals surface area contributed by atoms with E-state index in [1.807, 2.05) is 0 Å². The monoisotopic (exact) mass is 261 g/mol. The maximum atomic E-state index is 11.9. The maximum Gasteiger partial charge on any atom is 0.335 e. The smallest absolute Gasteiger partial charge is 0.335 e. The second kappa shape index (κ2) is 4.81. The number of aromatic carboxylic acids is 1. The summed E-state index contributed by atoms with van der Waals surface area (Å²) in [5, 5.41) is 14.9. The number of anilines is 2. The lowest BCUT2D eigenvalue weighted by molar-refractivity contribution is 0.0697. The van der Waals surface area contributed by atoms with Crippen molar-refractivity contribution in [3.05, 3.63) is 41.3 Å². The van der Waals surface area contributed by atoms with Crippen LogP contribution in [-0.4, -0.2) is 22.1 Å². The Morgan fingerprint density at radius 1 is 1.42 bits per heavy atom. The average Bonchev–Trinajstić information content (AvgIpc) is 2.77. The van der Waals surface area contributed by atoms with Crippen LogP contribution in [0.15, 0.2) is 28.9 Å². The van der Waals surface area contributed by atoms with E-state index >= 15 is 0 Å². The number of hydrogen-bond donors (Lipinski definition) is 3. The number of aryl methyl sites for hydroxylation is 1. The molecule has 4 N–H and O–H groups in total. The Hall–Kier alpha value is -2.83. The van der Waals surface area contributed by atoms with Gasteiger partial charge >= 0.3 is 5.97 Å². The van der Waals surface area contributed by atoms with Gasteiger partial charge in [0.2, 0.25) is 0 Å². The zero-order valence-electron chi connectivity index (χ0n) is 10.0. The van der Waals surface area contributed by atoms with Crippen molar-refractivity contribution in [3.63, 3.8) is 0 Å². The third-order valence-electron chi connectivity index (χ3n) is 2.54. The zero-order valence-corrected chi connectivity index (χ0v) is 10.0. The topological polar surface area (TPSA) is 118 Å². The maximum absolute atomic E-state index is 11.9. The van der Waals surface area contributed by atoms with Crippen LogP contribution in [0.4, 0.5) is 11.4 Å². The molecule has 1 aromatic heterocycles. The molecule has 0 spiro atoms. The quantitative estimate of drug-likeness (QED) is 0.721. The van der Waals surface area contributed by atoms with Crippen LogP contribution in [-0.2, 0) is 0 Å². The molecule has 2 rings (SSSR count). The Labute approximate surface area is 108 Å². The summed E-state index contributed by atoms with van der Waals surface area (Å²) < 4.78 is 4.78. The third-order valence-corrected chi connectivity index (χ3v) is 2.54. The third kappa shape index (κ3) is 2.54. The summed E-state index contributed by atoms with van der Waals surface area (Å²) in [6.45, 7) is 1.61. The van der Waals surface area contributed by atoms with E-state index in [-0.39, 0.29) is 11.3 Å². The van der Waals surface area contributed by atoms with Crippen LogP contribution in [0.5, 0.6) is 0 Å². The number of nitrogens with one attached hydrogen (secondary N) is 1. The fraction of sp³-hybridized carbons (Fsp3) is 0.0833. The lowest BCUT2D eigenvalue weighted by atomic mass is 10.1. The predicted octanol–water partition coefficient (Wildman–Crippen LogP) is 1.52. The van der Waals surface area contributed by atoms with Crippen molar-refractivity contribution in [2.75, 3.05) is 11.1 Å². The highest BCUT2D eigenvalue weighted by atomic mass is 16.5. The van der Waals surface area contributed by atoms with Gasteiger partial charge in [0.15, 0.2) is 0 Å². The number of aromatic nitrogens is 1. The molecule has 7 nitrogen and oxygen atoms in total. The highest BCUT2D eigenvalue weighted by Crippen LogP contribution is 2.21. The number of rotatable bonds is 3. The van der Waals surface area contributed by atoms with E-state index in [4.69, 9.17) is 15.4 Å². The first kappa shape index (κ1) is 12.6. The lowest BCUT2D eigenvalue weighted by Gasteiger charge is -2.08. The van der Waals surface area contributed by atoms with Gasteiger partial charge in [-0.2, -0.15) is 0 Å². The van der Waals surface area contributed by atoms with Gasteiger partial charge in [-0.3, -0.25) is 4.79 Å². The van der Waals surface area contributed by atoms with Crippen molar-refractivity contribution < 1.29 is 19.2 Å². The Morgan fingerprint density at radius 2 is 2.16 bits per heavy atom. The van der Waals surface area contributed by atoms with Crippen LogP contribution < -0.4 is 11.1 Å². The van der Waals surface area contributed by atoms with Crippen molar-refractivity contribution in [2.24, 2.45) is 0 Å². The fourth-order valence-corrected chi connectivity index (χ4v) is 1.52. The molecule has 0 aliphatic heterocycles. The Bertz CT molecular complexity index is 648. The number of hydrogen-bond acceptors (Lipinski definition) is 5. The van der Waals surface area contributed by atoms with Gasteiger partial charge in [-0.05, 0) is 25.1 Å². The van der Waals surface area contributed by atoms with Gasteiger partial charge in [0, 0.05) is 0 Å². The van der Waals surface area contributed by atoms with Crippen molar-refractivity contribution in [1.82, 2.24) is 5.16 Å². The average molecular weight is 261 g/mol. The molecule has 7 heteroatoms. The molecule has 0 saturated carbocycles. The summed E-state index contributed by atoms with van der Waals surface area (Å²) in [5.74, 6) is -1.12. The minimum Gasteiger partial charge on any atom is -0.478 e. The molecule has 1 aromatic carbocycles. The molecule has 0 atom stereocenters. The van der Waals surface area contributed by atoms with E-state index in [1.54, 1.807) is 6.92 Å². The van der Waals surface area contributed by atoms with E-state index in [2.05, 4.69) is 10.5 Å². The molecule has 1 heterocycles. The van der Waals surface area contributed by atoms with Crippen LogP contribution >= 0.6 is 0 Å². The molecule has 0 unspecified atom stereocenters. The van der Waals surface area contributed by atoms with Gasteiger partial charge in [0.25, 0.3) is 5.91 Å². The number of carbonyl (C=O) groups is 2. The largest absolute Gasteiger partial charge is 0.478 e. The molecule has 19 heavy (non-hydrogen) atoms. The molecule has 0 aliphatic carbocycles. The van der Waals surface area contributed by atoms with E-state index in [9.17, 15) is 9.59 Å². The molecule has 2 aromatic rings. The summed E-state index contributed by atoms with van der Waals surface area (Å²) >= 11 is 0. The summed E-state index contributed by atoms with van der Waals surface area (Å²) in [4.78, 5) is 22.6. The van der Waals surface area contributed by atoms with E-state index < -0.39 is 11.9 Å². The Balaban J connectivity index is 2.23. The number of nitrogen functional groups attached to an aromatic ring is 1. The first-order valence-corrected chi connectivity index (χ1v) is 5.34. The molecule has 0 aliphatic rings. The number of carbonyl (C=O) groups excluding carboxylic acids is 1. The van der Waals surface area contributed by atoms with Crippen molar-refractivity contribution in [3.8, 4) is 0 Å². The molecule has 98 valence electrons.